The van der Waals surface area contributed by atoms with Crippen molar-refractivity contribution in [3.63, 3.8) is 0 Å². The van der Waals surface area contributed by atoms with Crippen LogP contribution in [0.5, 0.6) is 0 Å². The first-order valence-corrected chi connectivity index (χ1v) is 4.31. The summed E-state index contributed by atoms with van der Waals surface area (Å²) in [5.41, 5.74) is 1.42. The van der Waals surface area contributed by atoms with E-state index in [0.29, 0.717) is 5.56 Å². The van der Waals surface area contributed by atoms with Gasteiger partial charge in [0.15, 0.2) is 6.29 Å². The molecule has 2 aromatic heterocycles. The van der Waals surface area contributed by atoms with Crippen LogP contribution in [-0.4, -0.2) is 28.0 Å². The molecule has 4 heteroatoms. The van der Waals surface area contributed by atoms with Gasteiger partial charge in [0.05, 0.1) is 0 Å². The van der Waals surface area contributed by atoms with Crippen molar-refractivity contribution >= 4 is 17.3 Å². The normalized spacial score (nSPS) is 9.29. The largest absolute Gasteiger partial charge is 0.397 e. The lowest BCUT2D eigenvalue weighted by Crippen LogP contribution is -1.75. The number of aliphatic hydroxyl groups excluding tert-OH is 1. The Balaban J connectivity index is 0.000000293. The van der Waals surface area contributed by atoms with E-state index in [-0.39, 0.29) is 6.61 Å². The first kappa shape index (κ1) is 10.4. The fourth-order valence-corrected chi connectivity index (χ4v) is 1.07. The summed E-state index contributed by atoms with van der Waals surface area (Å²) in [6.07, 6.45) is 4.17. The maximum Gasteiger partial charge on any atom is 0.152 e. The Morgan fingerprint density at radius 1 is 1.64 bits per heavy atom. The van der Waals surface area contributed by atoms with Gasteiger partial charge < -0.3 is 10.1 Å². The molecule has 2 aromatic rings. The molecule has 2 rings (SSSR count). The van der Waals surface area contributed by atoms with E-state index in [0.717, 1.165) is 17.3 Å². The Morgan fingerprint density at radius 2 is 2.36 bits per heavy atom. The highest BCUT2D eigenvalue weighted by Crippen LogP contribution is 2.12. The van der Waals surface area contributed by atoms with Crippen LogP contribution in [0.4, 0.5) is 0 Å². The average Bonchev–Trinajstić information content (AvgIpc) is 2.62. The first-order chi connectivity index (χ1) is 6.83. The van der Waals surface area contributed by atoms with Gasteiger partial charge in [0.1, 0.15) is 5.65 Å². The molecule has 0 atom stereocenters. The third kappa shape index (κ3) is 2.17. The van der Waals surface area contributed by atoms with Crippen molar-refractivity contribution in [2.45, 2.75) is 6.92 Å². The molecule has 0 saturated heterocycles. The molecule has 0 radical (unpaired) electrons. The number of hydrogen-bond acceptors (Lipinski definition) is 3. The second-order valence-electron chi connectivity index (χ2n) is 2.58. The topological polar surface area (TPSA) is 66.0 Å². The summed E-state index contributed by atoms with van der Waals surface area (Å²) in [5.74, 6) is 0. The molecule has 0 unspecified atom stereocenters. The number of aliphatic hydroxyl groups is 1. The number of H-pyrrole nitrogens is 1. The summed E-state index contributed by atoms with van der Waals surface area (Å²) in [4.78, 5) is 17.4. The van der Waals surface area contributed by atoms with Crippen LogP contribution < -0.4 is 0 Å². The van der Waals surface area contributed by atoms with Crippen molar-refractivity contribution in [2.24, 2.45) is 0 Å². The lowest BCUT2D eigenvalue weighted by Gasteiger charge is -1.85. The van der Waals surface area contributed by atoms with Crippen LogP contribution in [-0.2, 0) is 0 Å². The Hall–Kier alpha value is -1.68. The van der Waals surface area contributed by atoms with Crippen LogP contribution in [0.2, 0.25) is 0 Å². The number of carbonyl (C=O) groups excluding carboxylic acids is 1. The van der Waals surface area contributed by atoms with E-state index < -0.39 is 0 Å². The number of hydrogen-bond donors (Lipinski definition) is 2. The van der Waals surface area contributed by atoms with Crippen molar-refractivity contribution in [1.82, 2.24) is 9.97 Å². The van der Waals surface area contributed by atoms with Gasteiger partial charge in [-0.25, -0.2) is 4.98 Å². The zero-order valence-electron chi connectivity index (χ0n) is 7.90. The number of nitrogens with one attached hydrogen (secondary N) is 1. The number of aromatic nitrogens is 2. The number of nitrogens with zero attached hydrogens (tertiary/aromatic N) is 1. The summed E-state index contributed by atoms with van der Waals surface area (Å²) in [6.45, 7) is 1.93. The zero-order chi connectivity index (χ0) is 10.4. The molecule has 0 aliphatic heterocycles. The second kappa shape index (κ2) is 5.14. The molecule has 0 amide bonds. The van der Waals surface area contributed by atoms with E-state index in [4.69, 9.17) is 5.11 Å². The quantitative estimate of drug-likeness (QED) is 0.671. The first-order valence-electron chi connectivity index (χ1n) is 4.31. The predicted molar refractivity (Wildman–Crippen MR) is 54.2 cm³/mol. The zero-order valence-corrected chi connectivity index (χ0v) is 7.90. The highest BCUT2D eigenvalue weighted by Gasteiger charge is 2.00. The van der Waals surface area contributed by atoms with Crippen molar-refractivity contribution < 1.29 is 9.90 Å². The van der Waals surface area contributed by atoms with Crippen LogP contribution in [0, 0.1) is 0 Å². The summed E-state index contributed by atoms with van der Waals surface area (Å²) in [7, 11) is 0. The number of carbonyl (C=O) groups is 1. The van der Waals surface area contributed by atoms with Gasteiger partial charge in [0.2, 0.25) is 0 Å². The number of aldehydes is 1. The highest BCUT2D eigenvalue weighted by molar-refractivity contribution is 5.95. The summed E-state index contributed by atoms with van der Waals surface area (Å²) >= 11 is 0. The highest BCUT2D eigenvalue weighted by atomic mass is 16.2. The fraction of sp³-hybridized carbons (Fsp3) is 0.200. The summed E-state index contributed by atoms with van der Waals surface area (Å²) < 4.78 is 0. The van der Waals surface area contributed by atoms with Crippen LogP contribution in [0.3, 0.4) is 0 Å². The van der Waals surface area contributed by atoms with Crippen molar-refractivity contribution in [3.8, 4) is 0 Å². The average molecular weight is 192 g/mol. The Kier molecular flexibility index (Phi) is 3.82. The standard InChI is InChI=1S/C8H6N2O.C2H6O/c11-5-6-4-10-8-7(6)2-1-3-9-8;1-2-3/h1-5H,(H,9,10);3H,2H2,1H3. The molecule has 0 aliphatic carbocycles. The van der Waals surface area contributed by atoms with E-state index in [1.807, 2.05) is 12.1 Å². The molecule has 14 heavy (non-hydrogen) atoms. The molecule has 0 bridgehead atoms. The molecule has 0 aliphatic rings. The molecule has 0 fully saturated rings. The fourth-order valence-electron chi connectivity index (χ4n) is 1.07. The molecule has 2 heterocycles. The number of aromatic amines is 1. The van der Waals surface area contributed by atoms with Crippen molar-refractivity contribution in [3.05, 3.63) is 30.1 Å². The van der Waals surface area contributed by atoms with E-state index in [2.05, 4.69) is 9.97 Å². The van der Waals surface area contributed by atoms with E-state index >= 15 is 0 Å². The Labute approximate surface area is 81.6 Å². The van der Waals surface area contributed by atoms with Gasteiger partial charge in [-0.1, -0.05) is 0 Å². The number of fused-ring (bicyclic) bond motifs is 1. The third-order valence-electron chi connectivity index (χ3n) is 1.61. The minimum atomic E-state index is 0.250. The van der Waals surface area contributed by atoms with E-state index in [9.17, 15) is 4.79 Å². The summed E-state index contributed by atoms with van der Waals surface area (Å²) in [6, 6.07) is 3.67. The molecule has 0 aromatic carbocycles. The molecule has 2 N–H and O–H groups in total. The molecular formula is C10H12N2O2. The molecule has 0 saturated carbocycles. The maximum absolute atomic E-state index is 10.4. The van der Waals surface area contributed by atoms with Gasteiger partial charge in [-0.05, 0) is 19.1 Å². The monoisotopic (exact) mass is 192 g/mol. The molecule has 74 valence electrons. The lowest BCUT2D eigenvalue weighted by atomic mass is 10.2. The summed E-state index contributed by atoms with van der Waals surface area (Å²) in [5, 5.41) is 8.45. The van der Waals surface area contributed by atoms with Gasteiger partial charge in [-0.2, -0.15) is 0 Å². The predicted octanol–water partition coefficient (Wildman–Crippen LogP) is 1.37. The van der Waals surface area contributed by atoms with E-state index in [1.165, 1.54) is 0 Å². The Morgan fingerprint density at radius 3 is 3.00 bits per heavy atom. The minimum Gasteiger partial charge on any atom is -0.397 e. The van der Waals surface area contributed by atoms with Crippen LogP contribution in [0.25, 0.3) is 11.0 Å². The van der Waals surface area contributed by atoms with Gasteiger partial charge in [-0.3, -0.25) is 4.79 Å². The maximum atomic E-state index is 10.4. The number of rotatable bonds is 1. The smallest absolute Gasteiger partial charge is 0.152 e. The Bertz CT molecular complexity index is 409. The van der Waals surface area contributed by atoms with Crippen LogP contribution >= 0.6 is 0 Å². The number of pyridine rings is 1. The SMILES string of the molecule is CCO.O=Cc1c[nH]c2ncccc12. The minimum absolute atomic E-state index is 0.250. The van der Waals surface area contributed by atoms with Crippen molar-refractivity contribution in [2.75, 3.05) is 6.61 Å². The van der Waals surface area contributed by atoms with Crippen LogP contribution in [0.15, 0.2) is 24.5 Å². The van der Waals surface area contributed by atoms with Gasteiger partial charge in [0.25, 0.3) is 0 Å². The van der Waals surface area contributed by atoms with Gasteiger partial charge in [0, 0.05) is 30.0 Å². The van der Waals surface area contributed by atoms with Crippen LogP contribution in [0.1, 0.15) is 17.3 Å². The third-order valence-corrected chi connectivity index (χ3v) is 1.61. The van der Waals surface area contributed by atoms with Gasteiger partial charge in [-0.15, -0.1) is 0 Å². The van der Waals surface area contributed by atoms with E-state index in [1.54, 1.807) is 19.3 Å². The lowest BCUT2D eigenvalue weighted by molar-refractivity contribution is 0.112. The van der Waals surface area contributed by atoms with Crippen molar-refractivity contribution in [1.29, 1.82) is 0 Å². The molecule has 4 nitrogen and oxygen atoms in total. The molecule has 0 spiro atoms. The van der Waals surface area contributed by atoms with Gasteiger partial charge >= 0.3 is 0 Å². The second-order valence-corrected chi connectivity index (χ2v) is 2.58. The molecular weight excluding hydrogens is 180 g/mol.